The Morgan fingerprint density at radius 1 is 1.38 bits per heavy atom. The van der Waals surface area contributed by atoms with E-state index in [2.05, 4.69) is 15.5 Å². The summed E-state index contributed by atoms with van der Waals surface area (Å²) in [6, 6.07) is 0. The lowest BCUT2D eigenvalue weighted by molar-refractivity contribution is -0.156. The monoisotopic (exact) mass is 297 g/mol. The summed E-state index contributed by atoms with van der Waals surface area (Å²) in [5.41, 5.74) is -0.516. The third-order valence-electron chi connectivity index (χ3n) is 2.86. The predicted molar refractivity (Wildman–Crippen MR) is 75.3 cm³/mol. The molecule has 0 saturated carbocycles. The van der Waals surface area contributed by atoms with Gasteiger partial charge in [0.1, 0.15) is 5.92 Å². The van der Waals surface area contributed by atoms with Crippen molar-refractivity contribution >= 4 is 11.9 Å². The molecule has 0 fully saturated rings. The van der Waals surface area contributed by atoms with Crippen LogP contribution in [-0.4, -0.2) is 35.2 Å². The lowest BCUT2D eigenvalue weighted by atomic mass is 9.80. The number of hydrogen-bond donors (Lipinski definition) is 1. The second kappa shape index (κ2) is 7.19. The number of carbonyl (C=O) groups is 2. The van der Waals surface area contributed by atoms with Gasteiger partial charge in [-0.15, -0.1) is 0 Å². The summed E-state index contributed by atoms with van der Waals surface area (Å²) in [4.78, 5) is 28.2. The number of rotatable bonds is 6. The van der Waals surface area contributed by atoms with Crippen LogP contribution in [-0.2, 0) is 20.7 Å². The van der Waals surface area contributed by atoms with Crippen LogP contribution >= 0.6 is 0 Å². The van der Waals surface area contributed by atoms with E-state index in [0.29, 0.717) is 24.7 Å². The van der Waals surface area contributed by atoms with Crippen molar-refractivity contribution in [3.63, 3.8) is 0 Å². The summed E-state index contributed by atoms with van der Waals surface area (Å²) in [5, 5.41) is 6.39. The third-order valence-corrected chi connectivity index (χ3v) is 2.86. The van der Waals surface area contributed by atoms with Gasteiger partial charge in [0.25, 0.3) is 0 Å². The van der Waals surface area contributed by atoms with Gasteiger partial charge in [0.15, 0.2) is 5.82 Å². The van der Waals surface area contributed by atoms with E-state index in [1.165, 1.54) is 0 Å². The van der Waals surface area contributed by atoms with Crippen LogP contribution in [0.15, 0.2) is 4.52 Å². The molecule has 0 aliphatic rings. The van der Waals surface area contributed by atoms with Gasteiger partial charge in [-0.05, 0) is 19.3 Å². The molecule has 0 bridgehead atoms. The van der Waals surface area contributed by atoms with E-state index in [1.54, 1.807) is 13.8 Å². The second-order valence-electron chi connectivity index (χ2n) is 5.83. The van der Waals surface area contributed by atoms with Crippen LogP contribution in [0.25, 0.3) is 0 Å². The van der Waals surface area contributed by atoms with Crippen LogP contribution in [0.5, 0.6) is 0 Å². The fraction of sp³-hybridized carbons (Fsp3) is 0.714. The van der Waals surface area contributed by atoms with E-state index >= 15 is 0 Å². The van der Waals surface area contributed by atoms with Gasteiger partial charge in [-0.3, -0.25) is 9.59 Å². The van der Waals surface area contributed by atoms with Crippen molar-refractivity contribution in [1.29, 1.82) is 0 Å². The van der Waals surface area contributed by atoms with Crippen LogP contribution in [0.4, 0.5) is 0 Å². The first-order chi connectivity index (χ1) is 9.75. The molecular formula is C14H23N3O4. The first-order valence-corrected chi connectivity index (χ1v) is 6.99. The maximum Gasteiger partial charge on any atom is 0.319 e. The molecule has 1 unspecified atom stereocenters. The molecule has 0 aliphatic heterocycles. The molecule has 0 saturated heterocycles. The summed E-state index contributed by atoms with van der Waals surface area (Å²) >= 11 is 0. The predicted octanol–water partition coefficient (Wildman–Crippen LogP) is 1.26. The molecule has 0 aromatic carbocycles. The van der Waals surface area contributed by atoms with Crippen molar-refractivity contribution in [3.05, 3.63) is 11.7 Å². The molecule has 0 spiro atoms. The number of nitrogens with one attached hydrogen (secondary N) is 1. The highest BCUT2D eigenvalue weighted by Gasteiger charge is 2.38. The molecule has 21 heavy (non-hydrogen) atoms. The molecule has 1 atom stereocenters. The zero-order valence-corrected chi connectivity index (χ0v) is 13.2. The molecule has 0 aliphatic carbocycles. The van der Waals surface area contributed by atoms with Gasteiger partial charge in [0, 0.05) is 13.0 Å². The van der Waals surface area contributed by atoms with Crippen LogP contribution in [0, 0.1) is 18.3 Å². The molecule has 0 radical (unpaired) electrons. The highest BCUT2D eigenvalue weighted by atomic mass is 16.5. The Hall–Kier alpha value is -1.92. The fourth-order valence-corrected chi connectivity index (χ4v) is 1.92. The summed E-state index contributed by atoms with van der Waals surface area (Å²) in [6.45, 7) is 9.50. The Labute approximate surface area is 124 Å². The Morgan fingerprint density at radius 2 is 2.05 bits per heavy atom. The Morgan fingerprint density at radius 3 is 2.52 bits per heavy atom. The first kappa shape index (κ1) is 17.1. The number of carbonyl (C=O) groups excluding carboxylic acids is 2. The van der Waals surface area contributed by atoms with E-state index in [9.17, 15) is 9.59 Å². The summed E-state index contributed by atoms with van der Waals surface area (Å²) in [5.74, 6) is -0.693. The van der Waals surface area contributed by atoms with Gasteiger partial charge in [-0.2, -0.15) is 4.98 Å². The van der Waals surface area contributed by atoms with Crippen molar-refractivity contribution in [2.75, 3.05) is 13.2 Å². The maximum absolute atomic E-state index is 12.2. The number of aromatic nitrogens is 2. The number of aryl methyl sites for hydroxylation is 1. The Bertz CT molecular complexity index is 491. The molecule has 1 heterocycles. The molecule has 118 valence electrons. The Balaban J connectivity index is 2.58. The van der Waals surface area contributed by atoms with E-state index in [1.807, 2.05) is 20.8 Å². The summed E-state index contributed by atoms with van der Waals surface area (Å²) in [7, 11) is 0. The van der Waals surface area contributed by atoms with Gasteiger partial charge >= 0.3 is 5.97 Å². The van der Waals surface area contributed by atoms with Crippen molar-refractivity contribution in [2.45, 2.75) is 41.0 Å². The van der Waals surface area contributed by atoms with Crippen molar-refractivity contribution < 1.29 is 18.8 Å². The molecule has 1 aromatic rings. The minimum Gasteiger partial charge on any atom is -0.465 e. The number of esters is 1. The van der Waals surface area contributed by atoms with Crippen LogP contribution in [0.2, 0.25) is 0 Å². The van der Waals surface area contributed by atoms with Crippen LogP contribution in [0.3, 0.4) is 0 Å². The zero-order chi connectivity index (χ0) is 16.0. The number of nitrogens with zero attached hydrogens (tertiary/aromatic N) is 2. The van der Waals surface area contributed by atoms with Crippen molar-refractivity contribution in [2.24, 2.45) is 11.3 Å². The minimum atomic E-state index is -0.845. The zero-order valence-electron chi connectivity index (χ0n) is 13.2. The maximum atomic E-state index is 12.2. The van der Waals surface area contributed by atoms with Gasteiger partial charge < -0.3 is 14.6 Å². The molecule has 7 heteroatoms. The van der Waals surface area contributed by atoms with Crippen LogP contribution < -0.4 is 5.32 Å². The standard InChI is InChI=1S/C14H23N3O4/c1-6-20-13(19)11(14(3,4)5)12(18)15-8-7-10-16-9(2)17-21-10/h11H,6-8H2,1-5H3,(H,15,18). The van der Waals surface area contributed by atoms with Gasteiger partial charge in [0.2, 0.25) is 11.8 Å². The van der Waals surface area contributed by atoms with Gasteiger partial charge in [-0.1, -0.05) is 25.9 Å². The largest absolute Gasteiger partial charge is 0.465 e. The number of hydrogen-bond acceptors (Lipinski definition) is 6. The van der Waals surface area contributed by atoms with Gasteiger partial charge in [-0.25, -0.2) is 0 Å². The molecule has 7 nitrogen and oxygen atoms in total. The molecule has 1 N–H and O–H groups in total. The van der Waals surface area contributed by atoms with E-state index in [-0.39, 0.29) is 12.5 Å². The van der Waals surface area contributed by atoms with Crippen molar-refractivity contribution in [3.8, 4) is 0 Å². The van der Waals surface area contributed by atoms with Crippen molar-refractivity contribution in [1.82, 2.24) is 15.5 Å². The Kier molecular flexibility index (Phi) is 5.87. The van der Waals surface area contributed by atoms with E-state index in [0.717, 1.165) is 0 Å². The molecule has 1 rings (SSSR count). The SMILES string of the molecule is CCOC(=O)C(C(=O)NCCc1nc(C)no1)C(C)(C)C. The molecule has 1 amide bonds. The number of ether oxygens (including phenoxy) is 1. The number of amides is 1. The average Bonchev–Trinajstić information content (AvgIpc) is 2.73. The summed E-state index contributed by atoms with van der Waals surface area (Å²) in [6.07, 6.45) is 0.423. The normalized spacial score (nSPS) is 12.8. The fourth-order valence-electron chi connectivity index (χ4n) is 1.92. The highest BCUT2D eigenvalue weighted by molar-refractivity contribution is 5.98. The topological polar surface area (TPSA) is 94.3 Å². The molecular weight excluding hydrogens is 274 g/mol. The van der Waals surface area contributed by atoms with Crippen LogP contribution in [0.1, 0.15) is 39.4 Å². The van der Waals surface area contributed by atoms with E-state index in [4.69, 9.17) is 9.26 Å². The minimum absolute atomic E-state index is 0.250. The third kappa shape index (κ3) is 5.17. The second-order valence-corrected chi connectivity index (χ2v) is 5.83. The smallest absolute Gasteiger partial charge is 0.319 e. The first-order valence-electron chi connectivity index (χ1n) is 6.99. The quantitative estimate of drug-likeness (QED) is 0.627. The average molecular weight is 297 g/mol. The van der Waals surface area contributed by atoms with Gasteiger partial charge in [0.05, 0.1) is 6.61 Å². The molecule has 1 aromatic heterocycles. The lowest BCUT2D eigenvalue weighted by Gasteiger charge is -2.27. The lowest BCUT2D eigenvalue weighted by Crippen LogP contribution is -2.44. The van der Waals surface area contributed by atoms with E-state index < -0.39 is 17.3 Å². The highest BCUT2D eigenvalue weighted by Crippen LogP contribution is 2.27. The summed E-state index contributed by atoms with van der Waals surface area (Å²) < 4.78 is 9.93.